The number of halogens is 1. The van der Waals surface area contributed by atoms with Gasteiger partial charge in [-0.15, -0.1) is 0 Å². The van der Waals surface area contributed by atoms with Crippen molar-refractivity contribution < 1.29 is 24.0 Å². The first-order valence-corrected chi connectivity index (χ1v) is 7.80. The molecule has 2 rings (SSSR count). The fourth-order valence-corrected chi connectivity index (χ4v) is 2.26. The van der Waals surface area contributed by atoms with Crippen LogP contribution >= 0.6 is 11.6 Å². The lowest BCUT2D eigenvalue weighted by molar-refractivity contribution is -0.385. The van der Waals surface area contributed by atoms with Crippen LogP contribution in [-0.2, 0) is 9.53 Å². The molecule has 1 atom stereocenters. The van der Waals surface area contributed by atoms with Gasteiger partial charge >= 0.3 is 5.97 Å². The number of nitro groups is 1. The third-order valence-corrected chi connectivity index (χ3v) is 3.63. The topological polar surface area (TPSA) is 108 Å². The lowest BCUT2D eigenvalue weighted by Gasteiger charge is -2.15. The van der Waals surface area contributed by atoms with Gasteiger partial charge in [0.15, 0.2) is 6.10 Å². The van der Waals surface area contributed by atoms with E-state index in [2.05, 4.69) is 5.32 Å². The molecule has 136 valence electrons. The molecule has 0 heterocycles. The first-order chi connectivity index (χ1) is 12.3. The number of esters is 1. The van der Waals surface area contributed by atoms with Crippen molar-refractivity contribution in [3.63, 3.8) is 0 Å². The Morgan fingerprint density at radius 3 is 2.58 bits per heavy atom. The van der Waals surface area contributed by atoms with E-state index in [1.165, 1.54) is 20.1 Å². The SMILES string of the molecule is COc1ccccc1NC(=O)C(C)OC(=O)c1cc(Cl)ccc1[N+](=O)[O-]. The number of hydrogen-bond acceptors (Lipinski definition) is 6. The molecule has 0 bridgehead atoms. The fraction of sp³-hybridized carbons (Fsp3) is 0.176. The molecule has 8 nitrogen and oxygen atoms in total. The van der Waals surface area contributed by atoms with Crippen LogP contribution in [0.2, 0.25) is 5.02 Å². The molecule has 1 unspecified atom stereocenters. The Morgan fingerprint density at radius 2 is 1.92 bits per heavy atom. The first-order valence-electron chi connectivity index (χ1n) is 7.42. The second-order valence-corrected chi connectivity index (χ2v) is 5.59. The van der Waals surface area contributed by atoms with E-state index in [0.29, 0.717) is 11.4 Å². The third kappa shape index (κ3) is 4.48. The van der Waals surface area contributed by atoms with E-state index >= 15 is 0 Å². The number of amides is 1. The van der Waals surface area contributed by atoms with Crippen LogP contribution in [0.5, 0.6) is 5.75 Å². The highest BCUT2D eigenvalue weighted by Gasteiger charge is 2.26. The molecule has 0 aliphatic carbocycles. The molecule has 0 aromatic heterocycles. The zero-order valence-electron chi connectivity index (χ0n) is 13.9. The van der Waals surface area contributed by atoms with Gasteiger partial charge in [-0.05, 0) is 31.2 Å². The Balaban J connectivity index is 2.13. The van der Waals surface area contributed by atoms with E-state index in [1.807, 2.05) is 0 Å². The van der Waals surface area contributed by atoms with Crippen molar-refractivity contribution in [1.82, 2.24) is 0 Å². The zero-order chi connectivity index (χ0) is 19.3. The van der Waals surface area contributed by atoms with Gasteiger partial charge in [-0.25, -0.2) is 4.79 Å². The normalized spacial score (nSPS) is 11.3. The van der Waals surface area contributed by atoms with Gasteiger partial charge in [0, 0.05) is 11.1 Å². The van der Waals surface area contributed by atoms with Crippen molar-refractivity contribution in [2.24, 2.45) is 0 Å². The smallest absolute Gasteiger partial charge is 0.345 e. The first kappa shape index (κ1) is 19.2. The molecule has 0 spiro atoms. The molecule has 2 aromatic rings. The Labute approximate surface area is 153 Å². The van der Waals surface area contributed by atoms with Crippen molar-refractivity contribution in [2.45, 2.75) is 13.0 Å². The molecular formula is C17H15ClN2O6. The summed E-state index contributed by atoms with van der Waals surface area (Å²) in [7, 11) is 1.45. The predicted molar refractivity (Wildman–Crippen MR) is 94.6 cm³/mol. The van der Waals surface area contributed by atoms with Crippen LogP contribution < -0.4 is 10.1 Å². The molecule has 9 heteroatoms. The van der Waals surface area contributed by atoms with Gasteiger partial charge in [-0.1, -0.05) is 23.7 Å². The van der Waals surface area contributed by atoms with Crippen LogP contribution in [0.25, 0.3) is 0 Å². The fourth-order valence-electron chi connectivity index (χ4n) is 2.09. The maximum atomic E-state index is 12.2. The van der Waals surface area contributed by atoms with Crippen LogP contribution in [0, 0.1) is 10.1 Å². The number of nitrogens with zero attached hydrogens (tertiary/aromatic N) is 1. The Hall–Kier alpha value is -3.13. The summed E-state index contributed by atoms with van der Waals surface area (Å²) in [6.07, 6.45) is -1.20. The summed E-state index contributed by atoms with van der Waals surface area (Å²) in [5.74, 6) is -1.21. The van der Waals surface area contributed by atoms with Gasteiger partial charge in [-0.2, -0.15) is 0 Å². The molecule has 0 radical (unpaired) electrons. The minimum atomic E-state index is -1.20. The molecule has 1 amide bonds. The highest BCUT2D eigenvalue weighted by Crippen LogP contribution is 2.25. The summed E-state index contributed by atoms with van der Waals surface area (Å²) in [5.41, 5.74) is -0.396. The van der Waals surface area contributed by atoms with Crippen molar-refractivity contribution >= 4 is 34.9 Å². The quantitative estimate of drug-likeness (QED) is 0.468. The van der Waals surface area contributed by atoms with Gasteiger partial charge in [0.2, 0.25) is 0 Å². The number of carbonyl (C=O) groups is 2. The molecule has 0 aliphatic rings. The summed E-state index contributed by atoms with van der Waals surface area (Å²) in [6, 6.07) is 10.2. The van der Waals surface area contributed by atoms with Gasteiger partial charge in [-0.3, -0.25) is 14.9 Å². The number of para-hydroxylation sites is 2. The standard InChI is InChI=1S/C17H15ClN2O6/c1-10(16(21)19-13-5-3-4-6-15(13)25-2)26-17(22)12-9-11(18)7-8-14(12)20(23)24/h3-10H,1-2H3,(H,19,21). The number of hydrogen-bond donors (Lipinski definition) is 1. The monoisotopic (exact) mass is 378 g/mol. The number of anilines is 1. The summed E-state index contributed by atoms with van der Waals surface area (Å²) < 4.78 is 10.2. The molecule has 2 aromatic carbocycles. The van der Waals surface area contributed by atoms with Crippen molar-refractivity contribution in [3.8, 4) is 5.75 Å². The van der Waals surface area contributed by atoms with Crippen molar-refractivity contribution in [3.05, 3.63) is 63.2 Å². The van der Waals surface area contributed by atoms with Gasteiger partial charge in [0.05, 0.1) is 17.7 Å². The summed E-state index contributed by atoms with van der Waals surface area (Å²) in [6.45, 7) is 1.35. The number of carbonyl (C=O) groups excluding carboxylic acids is 2. The van der Waals surface area contributed by atoms with E-state index in [-0.39, 0.29) is 10.6 Å². The van der Waals surface area contributed by atoms with E-state index in [1.54, 1.807) is 24.3 Å². The largest absolute Gasteiger partial charge is 0.495 e. The van der Waals surface area contributed by atoms with E-state index in [4.69, 9.17) is 21.1 Å². The maximum absolute atomic E-state index is 12.2. The zero-order valence-corrected chi connectivity index (χ0v) is 14.6. The molecule has 0 saturated carbocycles. The Kier molecular flexibility index (Phi) is 6.13. The van der Waals surface area contributed by atoms with Crippen LogP contribution in [0.15, 0.2) is 42.5 Å². The van der Waals surface area contributed by atoms with Gasteiger partial charge in [0.25, 0.3) is 11.6 Å². The lowest BCUT2D eigenvalue weighted by Crippen LogP contribution is -2.30. The second kappa shape index (κ2) is 8.30. The predicted octanol–water partition coefficient (Wildman–Crippen LogP) is 3.44. The maximum Gasteiger partial charge on any atom is 0.345 e. The van der Waals surface area contributed by atoms with E-state index < -0.39 is 28.6 Å². The molecule has 26 heavy (non-hydrogen) atoms. The number of methoxy groups -OCH3 is 1. The molecule has 0 fully saturated rings. The number of nitro benzene ring substituents is 1. The van der Waals surface area contributed by atoms with Crippen LogP contribution in [-0.4, -0.2) is 30.0 Å². The number of rotatable bonds is 6. The number of benzene rings is 2. The Bertz CT molecular complexity index is 855. The second-order valence-electron chi connectivity index (χ2n) is 5.16. The molecule has 0 aliphatic heterocycles. The van der Waals surface area contributed by atoms with E-state index in [9.17, 15) is 19.7 Å². The van der Waals surface area contributed by atoms with Gasteiger partial charge in [0.1, 0.15) is 11.3 Å². The van der Waals surface area contributed by atoms with Crippen molar-refractivity contribution in [1.29, 1.82) is 0 Å². The number of nitrogens with one attached hydrogen (secondary N) is 1. The molecule has 1 N–H and O–H groups in total. The van der Waals surface area contributed by atoms with Crippen LogP contribution in [0.3, 0.4) is 0 Å². The minimum absolute atomic E-state index is 0.133. The van der Waals surface area contributed by atoms with Crippen LogP contribution in [0.1, 0.15) is 17.3 Å². The molecular weight excluding hydrogens is 364 g/mol. The van der Waals surface area contributed by atoms with Crippen LogP contribution in [0.4, 0.5) is 11.4 Å². The summed E-state index contributed by atoms with van der Waals surface area (Å²) in [5, 5.41) is 13.7. The summed E-state index contributed by atoms with van der Waals surface area (Å²) >= 11 is 5.78. The average Bonchev–Trinajstić information content (AvgIpc) is 2.61. The third-order valence-electron chi connectivity index (χ3n) is 3.39. The average molecular weight is 379 g/mol. The Morgan fingerprint density at radius 1 is 1.23 bits per heavy atom. The summed E-state index contributed by atoms with van der Waals surface area (Å²) in [4.78, 5) is 34.8. The van der Waals surface area contributed by atoms with Crippen molar-refractivity contribution in [2.75, 3.05) is 12.4 Å². The van der Waals surface area contributed by atoms with Gasteiger partial charge < -0.3 is 14.8 Å². The minimum Gasteiger partial charge on any atom is -0.495 e. The highest BCUT2D eigenvalue weighted by atomic mass is 35.5. The number of ether oxygens (including phenoxy) is 2. The molecule has 0 saturated heterocycles. The highest BCUT2D eigenvalue weighted by molar-refractivity contribution is 6.31. The van der Waals surface area contributed by atoms with E-state index in [0.717, 1.165) is 12.1 Å². The lowest BCUT2D eigenvalue weighted by atomic mass is 10.2.